The maximum Gasteiger partial charge on any atom is 0.343 e. The largest absolute Gasteiger partial charge is 0.423 e. The minimum absolute atomic E-state index is 0.316. The molecule has 3 rings (SSSR count). The summed E-state index contributed by atoms with van der Waals surface area (Å²) in [5.74, 6) is 0.245. The van der Waals surface area contributed by atoms with Crippen LogP contribution in [0.1, 0.15) is 61.4 Å². The Morgan fingerprint density at radius 1 is 0.690 bits per heavy atom. The van der Waals surface area contributed by atoms with Crippen LogP contribution in [0.2, 0.25) is 0 Å². The van der Waals surface area contributed by atoms with Gasteiger partial charge in [0.2, 0.25) is 0 Å². The Morgan fingerprint density at radius 3 is 2.00 bits per heavy atom. The highest BCUT2D eigenvalue weighted by Crippen LogP contribution is 2.22. The second-order valence-corrected chi connectivity index (χ2v) is 7.49. The van der Waals surface area contributed by atoms with Crippen LogP contribution < -0.4 is 4.74 Å². The normalized spacial score (nSPS) is 10.7. The first kappa shape index (κ1) is 20.9. The van der Waals surface area contributed by atoms with E-state index in [9.17, 15) is 4.79 Å². The zero-order valence-corrected chi connectivity index (χ0v) is 17.3. The standard InChI is InChI=1S/C27H30O2/c1-2-3-4-5-6-8-11-22-14-16-25(17-15-22)27(28)29-26-20-18-24(19-21-26)23-12-9-7-10-13-23/h7,9-10,12-21H,2-6,8,11H2,1H3. The molecule has 3 aromatic rings. The Labute approximate surface area is 174 Å². The van der Waals surface area contributed by atoms with Gasteiger partial charge in [-0.05, 0) is 53.8 Å². The molecular formula is C27H30O2. The summed E-state index contributed by atoms with van der Waals surface area (Å²) in [6.45, 7) is 2.24. The van der Waals surface area contributed by atoms with Gasteiger partial charge in [0.15, 0.2) is 0 Å². The average Bonchev–Trinajstić information content (AvgIpc) is 2.78. The van der Waals surface area contributed by atoms with Gasteiger partial charge in [-0.1, -0.05) is 93.6 Å². The van der Waals surface area contributed by atoms with Crippen molar-refractivity contribution < 1.29 is 9.53 Å². The lowest BCUT2D eigenvalue weighted by molar-refractivity contribution is 0.0735. The number of hydrogen-bond acceptors (Lipinski definition) is 2. The van der Waals surface area contributed by atoms with E-state index in [-0.39, 0.29) is 5.97 Å². The highest BCUT2D eigenvalue weighted by Gasteiger charge is 2.09. The number of rotatable bonds is 10. The molecule has 0 spiro atoms. The molecule has 0 aliphatic heterocycles. The summed E-state index contributed by atoms with van der Waals surface area (Å²) in [5, 5.41) is 0. The highest BCUT2D eigenvalue weighted by molar-refractivity contribution is 5.91. The third-order valence-corrected chi connectivity index (χ3v) is 5.18. The zero-order valence-electron chi connectivity index (χ0n) is 17.3. The van der Waals surface area contributed by atoms with Crippen molar-refractivity contribution in [2.45, 2.75) is 51.9 Å². The Balaban J connectivity index is 1.49. The van der Waals surface area contributed by atoms with Crippen LogP contribution in [0.25, 0.3) is 11.1 Å². The Hall–Kier alpha value is -2.87. The summed E-state index contributed by atoms with van der Waals surface area (Å²) < 4.78 is 5.53. The molecule has 2 nitrogen and oxygen atoms in total. The molecule has 0 heterocycles. The molecule has 2 heteroatoms. The van der Waals surface area contributed by atoms with Crippen molar-refractivity contribution in [1.82, 2.24) is 0 Å². The van der Waals surface area contributed by atoms with Gasteiger partial charge in [0.05, 0.1) is 5.56 Å². The molecule has 0 saturated carbocycles. The third-order valence-electron chi connectivity index (χ3n) is 5.18. The molecule has 0 atom stereocenters. The molecule has 150 valence electrons. The Kier molecular flexibility index (Phi) is 8.06. The monoisotopic (exact) mass is 386 g/mol. The Morgan fingerprint density at radius 2 is 1.31 bits per heavy atom. The van der Waals surface area contributed by atoms with Crippen molar-refractivity contribution in [3.63, 3.8) is 0 Å². The summed E-state index contributed by atoms with van der Waals surface area (Å²) in [7, 11) is 0. The maximum absolute atomic E-state index is 12.4. The van der Waals surface area contributed by atoms with Gasteiger partial charge in [0.25, 0.3) is 0 Å². The van der Waals surface area contributed by atoms with Crippen molar-refractivity contribution in [3.05, 3.63) is 90.0 Å². The topological polar surface area (TPSA) is 26.3 Å². The van der Waals surface area contributed by atoms with E-state index in [0.717, 1.165) is 17.5 Å². The second-order valence-electron chi connectivity index (χ2n) is 7.49. The van der Waals surface area contributed by atoms with Crippen molar-refractivity contribution >= 4 is 5.97 Å². The lowest BCUT2D eigenvalue weighted by Gasteiger charge is -2.07. The zero-order chi connectivity index (χ0) is 20.3. The summed E-state index contributed by atoms with van der Waals surface area (Å²) in [6.07, 6.45) is 8.85. The van der Waals surface area contributed by atoms with Gasteiger partial charge < -0.3 is 4.74 Å². The van der Waals surface area contributed by atoms with Gasteiger partial charge in [-0.3, -0.25) is 0 Å². The van der Waals surface area contributed by atoms with Crippen LogP contribution in [-0.2, 0) is 6.42 Å². The van der Waals surface area contributed by atoms with Gasteiger partial charge in [-0.2, -0.15) is 0 Å². The van der Waals surface area contributed by atoms with E-state index in [0.29, 0.717) is 11.3 Å². The lowest BCUT2D eigenvalue weighted by atomic mass is 10.0. The van der Waals surface area contributed by atoms with E-state index in [1.54, 1.807) is 0 Å². The van der Waals surface area contributed by atoms with Gasteiger partial charge in [-0.25, -0.2) is 4.79 Å². The van der Waals surface area contributed by atoms with Crippen LogP contribution in [0.15, 0.2) is 78.9 Å². The molecular weight excluding hydrogens is 356 g/mol. The van der Waals surface area contributed by atoms with Crippen LogP contribution in [0.4, 0.5) is 0 Å². The fraction of sp³-hybridized carbons (Fsp3) is 0.296. The Bertz CT molecular complexity index is 865. The van der Waals surface area contributed by atoms with Crippen LogP contribution >= 0.6 is 0 Å². The number of benzene rings is 3. The molecule has 0 aliphatic rings. The summed E-state index contributed by atoms with van der Waals surface area (Å²) >= 11 is 0. The molecule has 0 unspecified atom stereocenters. The van der Waals surface area contributed by atoms with E-state index in [4.69, 9.17) is 4.74 Å². The first-order chi connectivity index (χ1) is 14.3. The smallest absolute Gasteiger partial charge is 0.343 e. The maximum atomic E-state index is 12.4. The SMILES string of the molecule is CCCCCCCCc1ccc(C(=O)Oc2ccc(-c3ccccc3)cc2)cc1. The van der Waals surface area contributed by atoms with Crippen molar-refractivity contribution in [2.24, 2.45) is 0 Å². The molecule has 3 aromatic carbocycles. The molecule has 0 aliphatic carbocycles. The number of aryl methyl sites for hydroxylation is 1. The molecule has 29 heavy (non-hydrogen) atoms. The van der Waals surface area contributed by atoms with Crippen molar-refractivity contribution in [2.75, 3.05) is 0 Å². The third kappa shape index (κ3) is 6.60. The molecule has 0 saturated heterocycles. The number of ether oxygens (including phenoxy) is 1. The van der Waals surface area contributed by atoms with Crippen LogP contribution in [0, 0.1) is 0 Å². The molecule has 0 fully saturated rings. The number of carbonyl (C=O) groups is 1. The second kappa shape index (κ2) is 11.2. The van der Waals surface area contributed by atoms with Crippen molar-refractivity contribution in [3.8, 4) is 16.9 Å². The van der Waals surface area contributed by atoms with E-state index in [1.165, 1.54) is 44.1 Å². The minimum atomic E-state index is -0.316. The van der Waals surface area contributed by atoms with E-state index in [2.05, 4.69) is 19.1 Å². The average molecular weight is 387 g/mol. The number of carbonyl (C=O) groups excluding carboxylic acids is 1. The fourth-order valence-electron chi connectivity index (χ4n) is 3.43. The van der Waals surface area contributed by atoms with Gasteiger partial charge in [0, 0.05) is 0 Å². The molecule has 0 amide bonds. The van der Waals surface area contributed by atoms with Crippen LogP contribution in [0.5, 0.6) is 5.75 Å². The van der Waals surface area contributed by atoms with E-state index < -0.39 is 0 Å². The first-order valence-electron chi connectivity index (χ1n) is 10.7. The molecule has 0 radical (unpaired) electrons. The van der Waals surface area contributed by atoms with Gasteiger partial charge >= 0.3 is 5.97 Å². The summed E-state index contributed by atoms with van der Waals surface area (Å²) in [6, 6.07) is 25.6. The predicted molar refractivity (Wildman–Crippen MR) is 120 cm³/mol. The first-order valence-corrected chi connectivity index (χ1v) is 10.7. The number of esters is 1. The van der Waals surface area contributed by atoms with E-state index in [1.807, 2.05) is 66.7 Å². The molecule has 0 bridgehead atoms. The number of unbranched alkanes of at least 4 members (excludes halogenated alkanes) is 5. The van der Waals surface area contributed by atoms with Gasteiger partial charge in [-0.15, -0.1) is 0 Å². The lowest BCUT2D eigenvalue weighted by Crippen LogP contribution is -2.08. The summed E-state index contributed by atoms with van der Waals surface area (Å²) in [4.78, 5) is 12.4. The number of hydrogen-bond donors (Lipinski definition) is 0. The van der Waals surface area contributed by atoms with Gasteiger partial charge in [0.1, 0.15) is 5.75 Å². The molecule has 0 aromatic heterocycles. The van der Waals surface area contributed by atoms with Crippen LogP contribution in [0.3, 0.4) is 0 Å². The minimum Gasteiger partial charge on any atom is -0.423 e. The molecule has 0 N–H and O–H groups in total. The van der Waals surface area contributed by atoms with E-state index >= 15 is 0 Å². The quantitative estimate of drug-likeness (QED) is 0.205. The fourth-order valence-corrected chi connectivity index (χ4v) is 3.43. The van der Waals surface area contributed by atoms with Crippen molar-refractivity contribution in [1.29, 1.82) is 0 Å². The van der Waals surface area contributed by atoms with Crippen LogP contribution in [-0.4, -0.2) is 5.97 Å². The highest BCUT2D eigenvalue weighted by atomic mass is 16.5. The summed E-state index contributed by atoms with van der Waals surface area (Å²) in [5.41, 5.74) is 4.11. The predicted octanol–water partition coefficient (Wildman–Crippen LogP) is 7.48.